The second-order valence-electron chi connectivity index (χ2n) is 4.11. The van der Waals surface area contributed by atoms with Crippen LogP contribution in [0.1, 0.15) is 29.7 Å². The lowest BCUT2D eigenvalue weighted by atomic mass is 9.92. The Hall–Kier alpha value is -0.820. The largest absolute Gasteiger partial charge is 0.299 e. The summed E-state index contributed by atoms with van der Waals surface area (Å²) in [6.07, 6.45) is 1.20. The van der Waals surface area contributed by atoms with Gasteiger partial charge >= 0.3 is 0 Å². The zero-order valence-corrected chi connectivity index (χ0v) is 8.67. The van der Waals surface area contributed by atoms with Crippen LogP contribution in [0.3, 0.4) is 0 Å². The number of rotatable bonds is 0. The van der Waals surface area contributed by atoms with Gasteiger partial charge in [-0.2, -0.15) is 0 Å². The fourth-order valence-corrected chi connectivity index (χ4v) is 2.06. The molecular weight excluding hydrogens is 158 g/mol. The van der Waals surface area contributed by atoms with E-state index in [0.29, 0.717) is 6.04 Å². The fourth-order valence-electron chi connectivity index (χ4n) is 2.06. The van der Waals surface area contributed by atoms with Crippen LogP contribution in [0.5, 0.6) is 0 Å². The lowest BCUT2D eigenvalue weighted by molar-refractivity contribution is 0.247. The average Bonchev–Trinajstić information content (AvgIpc) is 2.12. The first-order valence-electron chi connectivity index (χ1n) is 4.98. The van der Waals surface area contributed by atoms with E-state index in [1.807, 2.05) is 0 Å². The summed E-state index contributed by atoms with van der Waals surface area (Å²) in [6, 6.07) is 7.42. The second-order valence-corrected chi connectivity index (χ2v) is 4.11. The third kappa shape index (κ3) is 1.49. The third-order valence-electron chi connectivity index (χ3n) is 3.15. The summed E-state index contributed by atoms with van der Waals surface area (Å²) in [7, 11) is 2.20. The second kappa shape index (κ2) is 3.15. The van der Waals surface area contributed by atoms with E-state index < -0.39 is 0 Å². The van der Waals surface area contributed by atoms with Crippen LogP contribution in [-0.4, -0.2) is 18.5 Å². The summed E-state index contributed by atoms with van der Waals surface area (Å²) in [5.41, 5.74) is 4.44. The monoisotopic (exact) mass is 175 g/mol. The Balaban J connectivity index is 2.45. The van der Waals surface area contributed by atoms with Gasteiger partial charge in [0.2, 0.25) is 0 Å². The molecule has 0 radical (unpaired) electrons. The molecule has 0 bridgehead atoms. The van der Waals surface area contributed by atoms with Crippen molar-refractivity contribution in [3.05, 3.63) is 34.9 Å². The number of nitrogens with zero attached hydrogens (tertiary/aromatic N) is 1. The number of hydrogen-bond acceptors (Lipinski definition) is 1. The molecule has 0 N–H and O–H groups in total. The quantitative estimate of drug-likeness (QED) is 0.585. The maximum Gasteiger partial charge on any atom is 0.0319 e. The van der Waals surface area contributed by atoms with E-state index in [2.05, 4.69) is 44.0 Å². The first-order valence-corrected chi connectivity index (χ1v) is 4.98. The Labute approximate surface area is 80.4 Å². The Kier molecular flexibility index (Phi) is 2.12. The van der Waals surface area contributed by atoms with Crippen molar-refractivity contribution in [2.75, 3.05) is 13.6 Å². The van der Waals surface area contributed by atoms with Crippen LogP contribution in [0, 0.1) is 6.92 Å². The molecule has 1 atom stereocenters. The number of aryl methyl sites for hydroxylation is 1. The molecule has 0 saturated carbocycles. The van der Waals surface area contributed by atoms with Crippen LogP contribution in [0.4, 0.5) is 0 Å². The maximum atomic E-state index is 2.42. The van der Waals surface area contributed by atoms with Crippen LogP contribution in [0.25, 0.3) is 0 Å². The number of benzene rings is 1. The van der Waals surface area contributed by atoms with Gasteiger partial charge in [0.1, 0.15) is 0 Å². The normalized spacial score (nSPS) is 22.8. The molecule has 13 heavy (non-hydrogen) atoms. The van der Waals surface area contributed by atoms with Crippen molar-refractivity contribution in [1.29, 1.82) is 0 Å². The summed E-state index contributed by atoms with van der Waals surface area (Å²) >= 11 is 0. The summed E-state index contributed by atoms with van der Waals surface area (Å²) in [6.45, 7) is 5.65. The van der Waals surface area contributed by atoms with Crippen molar-refractivity contribution in [3.63, 3.8) is 0 Å². The number of fused-ring (bicyclic) bond motifs is 1. The van der Waals surface area contributed by atoms with Crippen molar-refractivity contribution in [2.24, 2.45) is 0 Å². The van der Waals surface area contributed by atoms with E-state index >= 15 is 0 Å². The number of hydrogen-bond donors (Lipinski definition) is 0. The van der Waals surface area contributed by atoms with Gasteiger partial charge in [-0.05, 0) is 38.4 Å². The van der Waals surface area contributed by atoms with E-state index in [1.54, 1.807) is 0 Å². The van der Waals surface area contributed by atoms with Gasteiger partial charge in [-0.25, -0.2) is 0 Å². The Morgan fingerprint density at radius 1 is 1.38 bits per heavy atom. The Bertz CT molecular complexity index is 317. The molecule has 1 unspecified atom stereocenters. The minimum Gasteiger partial charge on any atom is -0.299 e. The highest BCUT2D eigenvalue weighted by atomic mass is 15.1. The van der Waals surface area contributed by atoms with Crippen LogP contribution in [-0.2, 0) is 6.42 Å². The molecule has 1 aliphatic heterocycles. The van der Waals surface area contributed by atoms with Crippen LogP contribution in [0.15, 0.2) is 18.2 Å². The molecule has 2 rings (SSSR count). The van der Waals surface area contributed by atoms with Gasteiger partial charge in [0.15, 0.2) is 0 Å². The first kappa shape index (κ1) is 8.76. The maximum absolute atomic E-state index is 2.42. The predicted octanol–water partition coefficient (Wildman–Crippen LogP) is 2.54. The zero-order valence-electron chi connectivity index (χ0n) is 8.67. The molecule has 1 heterocycles. The molecule has 1 aromatic carbocycles. The minimum absolute atomic E-state index is 0.587. The molecule has 0 aliphatic carbocycles. The molecule has 70 valence electrons. The molecule has 1 aromatic rings. The van der Waals surface area contributed by atoms with E-state index in [1.165, 1.54) is 29.7 Å². The molecular formula is C12H17N. The summed E-state index contributed by atoms with van der Waals surface area (Å²) in [5.74, 6) is 0. The highest BCUT2D eigenvalue weighted by Gasteiger charge is 2.19. The van der Waals surface area contributed by atoms with Gasteiger partial charge < -0.3 is 0 Å². The fraction of sp³-hybridized carbons (Fsp3) is 0.500. The van der Waals surface area contributed by atoms with Crippen molar-refractivity contribution in [1.82, 2.24) is 4.90 Å². The summed E-state index contributed by atoms with van der Waals surface area (Å²) < 4.78 is 0. The lowest BCUT2D eigenvalue weighted by Gasteiger charge is -2.32. The van der Waals surface area contributed by atoms with Gasteiger partial charge in [-0.1, -0.05) is 23.8 Å². The van der Waals surface area contributed by atoms with Crippen molar-refractivity contribution in [2.45, 2.75) is 26.3 Å². The summed E-state index contributed by atoms with van der Waals surface area (Å²) in [5, 5.41) is 0. The van der Waals surface area contributed by atoms with E-state index in [4.69, 9.17) is 0 Å². The minimum atomic E-state index is 0.587. The van der Waals surface area contributed by atoms with Crippen molar-refractivity contribution < 1.29 is 0 Å². The Morgan fingerprint density at radius 3 is 2.92 bits per heavy atom. The van der Waals surface area contributed by atoms with E-state index in [-0.39, 0.29) is 0 Å². The highest BCUT2D eigenvalue weighted by Crippen LogP contribution is 2.28. The lowest BCUT2D eigenvalue weighted by Crippen LogP contribution is -2.30. The van der Waals surface area contributed by atoms with Gasteiger partial charge in [0.25, 0.3) is 0 Å². The SMILES string of the molecule is Cc1ccc2c(c1)C(C)N(C)CC2. The Morgan fingerprint density at radius 2 is 2.15 bits per heavy atom. The highest BCUT2D eigenvalue weighted by molar-refractivity contribution is 5.35. The summed E-state index contributed by atoms with van der Waals surface area (Å²) in [4.78, 5) is 2.42. The molecule has 0 spiro atoms. The van der Waals surface area contributed by atoms with Gasteiger partial charge in [0.05, 0.1) is 0 Å². The van der Waals surface area contributed by atoms with Crippen LogP contribution in [0.2, 0.25) is 0 Å². The number of likely N-dealkylation sites (N-methyl/N-ethyl adjacent to an activating group) is 1. The van der Waals surface area contributed by atoms with Gasteiger partial charge in [-0.3, -0.25) is 4.90 Å². The van der Waals surface area contributed by atoms with Crippen LogP contribution >= 0.6 is 0 Å². The van der Waals surface area contributed by atoms with Crippen LogP contribution < -0.4 is 0 Å². The molecule has 1 heteroatoms. The average molecular weight is 175 g/mol. The van der Waals surface area contributed by atoms with E-state index in [9.17, 15) is 0 Å². The third-order valence-corrected chi connectivity index (χ3v) is 3.15. The van der Waals surface area contributed by atoms with Gasteiger partial charge in [0, 0.05) is 12.6 Å². The molecule has 1 nitrogen and oxygen atoms in total. The molecule has 0 fully saturated rings. The zero-order chi connectivity index (χ0) is 9.42. The smallest absolute Gasteiger partial charge is 0.0319 e. The molecule has 0 amide bonds. The first-order chi connectivity index (χ1) is 6.18. The predicted molar refractivity (Wildman–Crippen MR) is 55.9 cm³/mol. The molecule has 0 saturated heterocycles. The standard InChI is InChI=1S/C12H17N/c1-9-4-5-11-6-7-13(3)10(2)12(11)8-9/h4-5,8,10H,6-7H2,1-3H3. The van der Waals surface area contributed by atoms with Crippen molar-refractivity contribution in [3.8, 4) is 0 Å². The van der Waals surface area contributed by atoms with Gasteiger partial charge in [-0.15, -0.1) is 0 Å². The topological polar surface area (TPSA) is 3.24 Å². The molecule has 1 aliphatic rings. The van der Waals surface area contributed by atoms with Crippen molar-refractivity contribution >= 4 is 0 Å². The van der Waals surface area contributed by atoms with E-state index in [0.717, 1.165) is 0 Å². The molecule has 0 aromatic heterocycles.